The van der Waals surface area contributed by atoms with Gasteiger partial charge in [-0.1, -0.05) is 28.1 Å². The van der Waals surface area contributed by atoms with Crippen LogP contribution in [0.3, 0.4) is 0 Å². The van der Waals surface area contributed by atoms with Crippen molar-refractivity contribution in [1.29, 1.82) is 0 Å². The van der Waals surface area contributed by atoms with Gasteiger partial charge in [0.25, 0.3) is 11.8 Å². The van der Waals surface area contributed by atoms with Gasteiger partial charge < -0.3 is 9.47 Å². The second kappa shape index (κ2) is 5.56. The Hall–Kier alpha value is -2.02. The Bertz CT molecular complexity index is 779. The summed E-state index contributed by atoms with van der Waals surface area (Å²) < 4.78 is 11.7. The van der Waals surface area contributed by atoms with Crippen LogP contribution in [-0.4, -0.2) is 25.0 Å². The predicted molar refractivity (Wildman–Crippen MR) is 86.4 cm³/mol. The summed E-state index contributed by atoms with van der Waals surface area (Å²) in [4.78, 5) is 26.3. The van der Waals surface area contributed by atoms with Crippen molar-refractivity contribution in [2.45, 2.75) is 6.29 Å². The van der Waals surface area contributed by atoms with Crippen LogP contribution < -0.4 is 4.90 Å². The lowest BCUT2D eigenvalue weighted by atomic mass is 10.1. The van der Waals surface area contributed by atoms with E-state index in [2.05, 4.69) is 15.9 Å². The van der Waals surface area contributed by atoms with Crippen LogP contribution in [0.1, 0.15) is 32.6 Å². The lowest BCUT2D eigenvalue weighted by molar-refractivity contribution is -0.0441. The molecule has 0 N–H and O–H groups in total. The average molecular weight is 374 g/mol. The van der Waals surface area contributed by atoms with E-state index in [1.54, 1.807) is 36.4 Å². The predicted octanol–water partition coefficient (Wildman–Crippen LogP) is 3.30. The largest absolute Gasteiger partial charge is 0.346 e. The fourth-order valence-electron chi connectivity index (χ4n) is 2.84. The van der Waals surface area contributed by atoms with Gasteiger partial charge in [-0.3, -0.25) is 9.59 Å². The summed E-state index contributed by atoms with van der Waals surface area (Å²) in [6.45, 7) is 1.05. The van der Waals surface area contributed by atoms with Crippen LogP contribution >= 0.6 is 15.9 Å². The van der Waals surface area contributed by atoms with E-state index in [1.807, 2.05) is 6.07 Å². The highest BCUT2D eigenvalue weighted by molar-refractivity contribution is 9.10. The molecule has 2 heterocycles. The van der Waals surface area contributed by atoms with E-state index < -0.39 is 6.29 Å². The second-order valence-electron chi connectivity index (χ2n) is 5.31. The van der Waals surface area contributed by atoms with Gasteiger partial charge in [-0.25, -0.2) is 4.90 Å². The number of anilines is 1. The first-order valence-corrected chi connectivity index (χ1v) is 7.96. The van der Waals surface area contributed by atoms with Crippen molar-refractivity contribution in [2.24, 2.45) is 0 Å². The molecule has 2 aromatic rings. The third-order valence-corrected chi connectivity index (χ3v) is 4.31. The fraction of sp³-hybridized carbons (Fsp3) is 0.176. The van der Waals surface area contributed by atoms with Crippen LogP contribution in [-0.2, 0) is 9.47 Å². The number of carbonyl (C=O) groups excluding carboxylic acids is 2. The van der Waals surface area contributed by atoms with Crippen molar-refractivity contribution in [3.05, 3.63) is 63.6 Å². The topological polar surface area (TPSA) is 55.8 Å². The van der Waals surface area contributed by atoms with Gasteiger partial charge in [-0.15, -0.1) is 0 Å². The highest BCUT2D eigenvalue weighted by Gasteiger charge is 2.36. The molecule has 1 fully saturated rings. The summed E-state index contributed by atoms with van der Waals surface area (Å²) in [5, 5.41) is 0. The number of ether oxygens (including phenoxy) is 2. The zero-order chi connectivity index (χ0) is 16.0. The van der Waals surface area contributed by atoms with Crippen LogP contribution in [0.15, 0.2) is 46.9 Å². The number of fused-ring (bicyclic) bond motifs is 1. The summed E-state index contributed by atoms with van der Waals surface area (Å²) in [5.41, 5.74) is 2.11. The maximum absolute atomic E-state index is 12.6. The molecule has 0 saturated carbocycles. The van der Waals surface area contributed by atoms with E-state index in [0.717, 1.165) is 10.0 Å². The number of carbonyl (C=O) groups is 2. The van der Waals surface area contributed by atoms with Gasteiger partial charge in [0.1, 0.15) is 0 Å². The van der Waals surface area contributed by atoms with Gasteiger partial charge in [0.05, 0.1) is 30.0 Å². The maximum atomic E-state index is 12.6. The number of imide groups is 1. The van der Waals surface area contributed by atoms with Gasteiger partial charge in [-0.2, -0.15) is 0 Å². The molecule has 2 amide bonds. The van der Waals surface area contributed by atoms with Crippen molar-refractivity contribution >= 4 is 33.4 Å². The molecule has 0 aromatic heterocycles. The normalized spacial score (nSPS) is 17.9. The lowest BCUT2D eigenvalue weighted by Gasteiger charge is -2.17. The van der Waals surface area contributed by atoms with Crippen LogP contribution in [0.25, 0.3) is 0 Å². The van der Waals surface area contributed by atoms with Crippen LogP contribution in [0, 0.1) is 0 Å². The molecule has 4 rings (SSSR count). The van der Waals surface area contributed by atoms with E-state index >= 15 is 0 Å². The molecule has 2 aromatic carbocycles. The third kappa shape index (κ3) is 2.39. The zero-order valence-electron chi connectivity index (χ0n) is 12.0. The minimum absolute atomic E-state index is 0.317. The molecule has 116 valence electrons. The van der Waals surface area contributed by atoms with Gasteiger partial charge in [0, 0.05) is 10.0 Å². The van der Waals surface area contributed by atoms with Gasteiger partial charge in [0.15, 0.2) is 6.29 Å². The first-order valence-electron chi connectivity index (χ1n) is 7.16. The van der Waals surface area contributed by atoms with E-state index in [1.165, 1.54) is 4.90 Å². The summed E-state index contributed by atoms with van der Waals surface area (Å²) in [5.74, 6) is -0.634. The molecule has 0 radical (unpaired) electrons. The zero-order valence-corrected chi connectivity index (χ0v) is 13.6. The maximum Gasteiger partial charge on any atom is 0.266 e. The Morgan fingerprint density at radius 3 is 2.17 bits per heavy atom. The third-order valence-electron chi connectivity index (χ3n) is 3.85. The Morgan fingerprint density at radius 2 is 1.57 bits per heavy atom. The number of nitrogens with zero attached hydrogens (tertiary/aromatic N) is 1. The Kier molecular flexibility index (Phi) is 3.52. The number of hydrogen-bond donors (Lipinski definition) is 0. The molecule has 2 aliphatic heterocycles. The highest BCUT2D eigenvalue weighted by Crippen LogP contribution is 2.34. The Labute approximate surface area is 140 Å². The summed E-state index contributed by atoms with van der Waals surface area (Å²) in [7, 11) is 0. The van der Waals surface area contributed by atoms with Gasteiger partial charge in [0.2, 0.25) is 0 Å². The minimum Gasteiger partial charge on any atom is -0.346 e. The van der Waals surface area contributed by atoms with E-state index in [-0.39, 0.29) is 11.8 Å². The molecule has 5 nitrogen and oxygen atoms in total. The van der Waals surface area contributed by atoms with E-state index in [9.17, 15) is 9.59 Å². The highest BCUT2D eigenvalue weighted by atomic mass is 79.9. The van der Waals surface area contributed by atoms with Gasteiger partial charge >= 0.3 is 0 Å². The molecule has 0 bridgehead atoms. The first-order chi connectivity index (χ1) is 11.1. The summed E-state index contributed by atoms with van der Waals surface area (Å²) in [6, 6.07) is 12.2. The Morgan fingerprint density at radius 1 is 0.957 bits per heavy atom. The quantitative estimate of drug-likeness (QED) is 0.757. The van der Waals surface area contributed by atoms with Crippen molar-refractivity contribution in [1.82, 2.24) is 0 Å². The number of amides is 2. The number of hydrogen-bond acceptors (Lipinski definition) is 4. The SMILES string of the molecule is O=C1c2ccccc2C(=O)N1c1cc(Br)cc(C2OCCO2)c1. The van der Waals surface area contributed by atoms with E-state index in [4.69, 9.17) is 9.47 Å². The number of benzene rings is 2. The number of rotatable bonds is 2. The molecular formula is C17H12BrNO4. The summed E-state index contributed by atoms with van der Waals surface area (Å²) >= 11 is 3.42. The van der Waals surface area contributed by atoms with Crippen molar-refractivity contribution in [3.63, 3.8) is 0 Å². The van der Waals surface area contributed by atoms with Crippen molar-refractivity contribution in [3.8, 4) is 0 Å². The molecule has 0 spiro atoms. The van der Waals surface area contributed by atoms with Crippen molar-refractivity contribution in [2.75, 3.05) is 18.1 Å². The Balaban J connectivity index is 1.77. The molecule has 0 atom stereocenters. The molecule has 6 heteroatoms. The fourth-order valence-corrected chi connectivity index (χ4v) is 3.33. The van der Waals surface area contributed by atoms with Crippen LogP contribution in [0.2, 0.25) is 0 Å². The molecule has 0 aliphatic carbocycles. The summed E-state index contributed by atoms with van der Waals surface area (Å²) in [6.07, 6.45) is -0.471. The number of halogens is 1. The van der Waals surface area contributed by atoms with Crippen LogP contribution in [0.5, 0.6) is 0 Å². The van der Waals surface area contributed by atoms with Crippen molar-refractivity contribution < 1.29 is 19.1 Å². The van der Waals surface area contributed by atoms with Crippen LogP contribution in [0.4, 0.5) is 5.69 Å². The monoisotopic (exact) mass is 373 g/mol. The molecule has 1 saturated heterocycles. The average Bonchev–Trinajstić information content (AvgIpc) is 3.16. The molecule has 0 unspecified atom stereocenters. The van der Waals surface area contributed by atoms with Gasteiger partial charge in [-0.05, 0) is 30.3 Å². The smallest absolute Gasteiger partial charge is 0.266 e. The molecular weight excluding hydrogens is 362 g/mol. The lowest BCUT2D eigenvalue weighted by Crippen LogP contribution is -2.29. The van der Waals surface area contributed by atoms with E-state index in [0.29, 0.717) is 30.0 Å². The minimum atomic E-state index is -0.471. The first kappa shape index (κ1) is 14.6. The molecule has 23 heavy (non-hydrogen) atoms. The molecule has 2 aliphatic rings. The second-order valence-corrected chi connectivity index (χ2v) is 6.22. The standard InChI is InChI=1S/C17H12BrNO4/c18-11-7-10(17-22-5-6-23-17)8-12(9-11)19-15(20)13-3-1-2-4-14(13)16(19)21/h1-4,7-9,17H,5-6H2.